The fourth-order valence-corrected chi connectivity index (χ4v) is 6.39. The third-order valence-electron chi connectivity index (χ3n) is 8.70. The largest absolute Gasteiger partial charge is 0.497 e. The molecule has 4 aromatic carbocycles. The van der Waals surface area contributed by atoms with E-state index in [1.807, 2.05) is 0 Å². The minimum atomic E-state index is -1.56. The molecular formula is C40H39F2N5O6. The van der Waals surface area contributed by atoms with E-state index in [1.165, 1.54) is 12.0 Å². The maximum atomic E-state index is 15.2. The van der Waals surface area contributed by atoms with Gasteiger partial charge in [-0.2, -0.15) is 9.78 Å². The second-order valence-electron chi connectivity index (χ2n) is 13.9. The van der Waals surface area contributed by atoms with Gasteiger partial charge in [0.05, 0.1) is 29.7 Å². The van der Waals surface area contributed by atoms with Crippen molar-refractivity contribution in [1.82, 2.24) is 9.78 Å². The lowest BCUT2D eigenvalue weighted by molar-refractivity contribution is -0.132. The molecule has 0 saturated carbocycles. The molecule has 11 nitrogen and oxygen atoms in total. The highest BCUT2D eigenvalue weighted by molar-refractivity contribution is 6.21. The number of benzene rings is 4. The minimum absolute atomic E-state index is 0.131. The van der Waals surface area contributed by atoms with E-state index in [4.69, 9.17) is 9.47 Å². The highest BCUT2D eigenvalue weighted by atomic mass is 19.2. The predicted octanol–water partition coefficient (Wildman–Crippen LogP) is 7.42. The lowest BCUT2D eigenvalue weighted by atomic mass is 9.98. The Labute approximate surface area is 305 Å². The van der Waals surface area contributed by atoms with Crippen LogP contribution in [0.15, 0.2) is 91.0 Å². The number of hydrogen-bond donors (Lipinski definition) is 0. The smallest absolute Gasteiger partial charge is 0.435 e. The Morgan fingerprint density at radius 1 is 0.868 bits per heavy atom. The zero-order valence-electron chi connectivity index (χ0n) is 30.2. The van der Waals surface area contributed by atoms with Gasteiger partial charge in [-0.1, -0.05) is 36.4 Å². The maximum Gasteiger partial charge on any atom is 0.435 e. The molecule has 1 aromatic heterocycles. The monoisotopic (exact) mass is 723 g/mol. The van der Waals surface area contributed by atoms with Gasteiger partial charge < -0.3 is 19.3 Å². The Bertz CT molecular complexity index is 2200. The molecule has 0 saturated heterocycles. The first-order valence-corrected chi connectivity index (χ1v) is 17.0. The maximum absolute atomic E-state index is 15.2. The van der Waals surface area contributed by atoms with Crippen molar-refractivity contribution in [2.24, 2.45) is 5.92 Å². The zero-order valence-corrected chi connectivity index (χ0v) is 30.2. The van der Waals surface area contributed by atoms with Crippen LogP contribution in [0, 0.1) is 17.6 Å². The molecule has 3 amide bonds. The molecule has 1 aliphatic heterocycles. The summed E-state index contributed by atoms with van der Waals surface area (Å²) in [5, 5.41) is 5.01. The number of ether oxygens (including phenoxy) is 2. The number of fused-ring (bicyclic) bond motifs is 2. The summed E-state index contributed by atoms with van der Waals surface area (Å²) in [5.41, 5.74) is 0.253. The lowest BCUT2D eigenvalue weighted by Crippen LogP contribution is -2.48. The van der Waals surface area contributed by atoms with Gasteiger partial charge in [0.2, 0.25) is 17.7 Å². The molecule has 0 aliphatic carbocycles. The highest BCUT2D eigenvalue weighted by Gasteiger charge is 2.43. The number of rotatable bonds is 8. The van der Waals surface area contributed by atoms with Crippen LogP contribution >= 0.6 is 0 Å². The van der Waals surface area contributed by atoms with Gasteiger partial charge in [-0.3, -0.25) is 19.3 Å². The van der Waals surface area contributed by atoms with E-state index in [-0.39, 0.29) is 35.2 Å². The van der Waals surface area contributed by atoms with E-state index >= 15 is 8.78 Å². The van der Waals surface area contributed by atoms with Crippen LogP contribution in [-0.2, 0) is 25.5 Å². The van der Waals surface area contributed by atoms with Gasteiger partial charge in [-0.15, -0.1) is 0 Å². The molecule has 0 radical (unpaired) electrons. The Morgan fingerprint density at radius 2 is 1.49 bits per heavy atom. The Hall–Kier alpha value is -6.11. The SMILES string of the molecule is COc1ccc(N(C(=O)CN2C(=O)C(Cc3nn(C(=O)OC(C)(C)C)c4ccccc34)C(=O)N(c3ccccc3)c3cc(F)c(F)cc32)C(C)C)cc1. The molecule has 274 valence electrons. The number of nitrogens with zero attached hydrogens (tertiary/aromatic N) is 5. The van der Waals surface area contributed by atoms with Crippen LogP contribution in [0.5, 0.6) is 5.75 Å². The van der Waals surface area contributed by atoms with Crippen LogP contribution in [0.4, 0.5) is 36.3 Å². The van der Waals surface area contributed by atoms with Crippen molar-refractivity contribution in [3.63, 3.8) is 0 Å². The number of aromatic nitrogens is 2. The summed E-state index contributed by atoms with van der Waals surface area (Å²) in [6.07, 6.45) is -1.09. The predicted molar refractivity (Wildman–Crippen MR) is 196 cm³/mol. The number of para-hydroxylation sites is 2. The van der Waals surface area contributed by atoms with Gasteiger partial charge in [0.15, 0.2) is 11.6 Å². The van der Waals surface area contributed by atoms with E-state index < -0.39 is 53.5 Å². The van der Waals surface area contributed by atoms with Crippen LogP contribution < -0.4 is 19.4 Å². The molecule has 1 unspecified atom stereocenters. The fraction of sp³-hybridized carbons (Fsp3) is 0.275. The van der Waals surface area contributed by atoms with Gasteiger partial charge >= 0.3 is 6.09 Å². The van der Waals surface area contributed by atoms with Crippen molar-refractivity contribution >= 4 is 57.5 Å². The summed E-state index contributed by atoms with van der Waals surface area (Å²) in [6, 6.07) is 23.1. The summed E-state index contributed by atoms with van der Waals surface area (Å²) in [6.45, 7) is 8.11. The molecule has 0 bridgehead atoms. The molecule has 53 heavy (non-hydrogen) atoms. The molecule has 0 fully saturated rings. The van der Waals surface area contributed by atoms with Crippen LogP contribution in [0.3, 0.4) is 0 Å². The molecule has 0 N–H and O–H groups in total. The van der Waals surface area contributed by atoms with E-state index in [2.05, 4.69) is 5.10 Å². The van der Waals surface area contributed by atoms with Crippen molar-refractivity contribution in [2.75, 3.05) is 28.4 Å². The lowest BCUT2D eigenvalue weighted by Gasteiger charge is -2.31. The van der Waals surface area contributed by atoms with Crippen LogP contribution in [-0.4, -0.2) is 58.9 Å². The van der Waals surface area contributed by atoms with Gasteiger partial charge in [0.1, 0.15) is 23.8 Å². The number of carbonyl (C=O) groups is 4. The average Bonchev–Trinajstić information content (AvgIpc) is 3.46. The van der Waals surface area contributed by atoms with E-state index in [0.29, 0.717) is 22.3 Å². The Morgan fingerprint density at radius 3 is 2.11 bits per heavy atom. The quantitative estimate of drug-likeness (QED) is 0.153. The topological polar surface area (TPSA) is 114 Å². The minimum Gasteiger partial charge on any atom is -0.497 e. The number of hydrogen-bond acceptors (Lipinski definition) is 7. The molecule has 0 spiro atoms. The van der Waals surface area contributed by atoms with Crippen molar-refractivity contribution in [1.29, 1.82) is 0 Å². The standard InChI is InChI=1S/C40H39F2N5O6/c1-24(2)45(26-16-18-27(52-6)19-17-26)36(48)23-44-34-21-30(41)31(42)22-35(34)46(25-12-8-7-9-13-25)38(50)29(37(44)49)20-32-28-14-10-11-15-33(28)47(43-32)39(51)53-40(3,4)5/h7-19,21-22,24,29H,20,23H2,1-6H3. The van der Waals surface area contributed by atoms with Crippen molar-refractivity contribution in [2.45, 2.75) is 52.7 Å². The van der Waals surface area contributed by atoms with Crippen LogP contribution in [0.2, 0.25) is 0 Å². The first-order chi connectivity index (χ1) is 25.2. The summed E-state index contributed by atoms with van der Waals surface area (Å²) >= 11 is 0. The van der Waals surface area contributed by atoms with Gasteiger partial charge in [0, 0.05) is 41.4 Å². The van der Waals surface area contributed by atoms with Crippen molar-refractivity contribution in [3.8, 4) is 5.75 Å². The Balaban J connectivity index is 1.50. The number of methoxy groups -OCH3 is 1. The summed E-state index contributed by atoms with van der Waals surface area (Å²) in [5.74, 6) is -5.67. The van der Waals surface area contributed by atoms with E-state index in [0.717, 1.165) is 26.6 Å². The summed E-state index contributed by atoms with van der Waals surface area (Å²) < 4.78 is 42.2. The number of amides is 3. The fourth-order valence-electron chi connectivity index (χ4n) is 6.39. The molecule has 6 rings (SSSR count). The van der Waals surface area contributed by atoms with Crippen molar-refractivity contribution in [3.05, 3.63) is 108 Å². The van der Waals surface area contributed by atoms with Gasteiger partial charge in [-0.05, 0) is 77.1 Å². The number of carbonyl (C=O) groups excluding carboxylic acids is 4. The van der Waals surface area contributed by atoms with Crippen LogP contribution in [0.1, 0.15) is 40.3 Å². The first kappa shape index (κ1) is 36.7. The van der Waals surface area contributed by atoms with Crippen LogP contribution in [0.25, 0.3) is 10.9 Å². The molecule has 1 aliphatic rings. The molecule has 13 heteroatoms. The third kappa shape index (κ3) is 7.32. The number of halogens is 2. The average molecular weight is 724 g/mol. The third-order valence-corrected chi connectivity index (χ3v) is 8.70. The zero-order chi connectivity index (χ0) is 38.2. The Kier molecular flexibility index (Phi) is 10.0. The summed E-state index contributed by atoms with van der Waals surface area (Å²) in [4.78, 5) is 60.8. The van der Waals surface area contributed by atoms with Gasteiger partial charge in [0.25, 0.3) is 0 Å². The second-order valence-corrected chi connectivity index (χ2v) is 13.9. The van der Waals surface area contributed by atoms with Crippen molar-refractivity contribution < 1.29 is 37.4 Å². The molecule has 5 aromatic rings. The van der Waals surface area contributed by atoms with E-state index in [9.17, 15) is 19.2 Å². The normalized spacial score (nSPS) is 14.7. The molecule has 2 heterocycles. The first-order valence-electron chi connectivity index (χ1n) is 17.0. The summed E-state index contributed by atoms with van der Waals surface area (Å²) in [7, 11) is 1.52. The molecular weight excluding hydrogens is 684 g/mol. The van der Waals surface area contributed by atoms with E-state index in [1.54, 1.807) is 113 Å². The second kappa shape index (κ2) is 14.5. The highest BCUT2D eigenvalue weighted by Crippen LogP contribution is 2.42. The molecule has 1 atom stereocenters. The van der Waals surface area contributed by atoms with Gasteiger partial charge in [-0.25, -0.2) is 13.6 Å². The number of anilines is 4.